The molecule has 1 aliphatic rings. The minimum Gasteiger partial charge on any atom is -0.272 e. The molecule has 0 spiro atoms. The van der Waals surface area contributed by atoms with E-state index in [4.69, 9.17) is 9.88 Å². The zero-order valence-electron chi connectivity index (χ0n) is 15.3. The second-order valence-corrected chi connectivity index (χ2v) is 8.70. The van der Waals surface area contributed by atoms with E-state index in [0.717, 1.165) is 24.3 Å². The largest absolute Gasteiger partial charge is 0.272 e. The third-order valence-corrected chi connectivity index (χ3v) is 5.64. The first-order valence-corrected chi connectivity index (χ1v) is 9.14. The molecule has 0 radical (unpaired) electrons. The molecule has 0 aliphatic carbocycles. The van der Waals surface area contributed by atoms with E-state index in [2.05, 4.69) is 30.0 Å². The van der Waals surface area contributed by atoms with Crippen LogP contribution in [0.4, 0.5) is 0 Å². The zero-order chi connectivity index (χ0) is 17.8. The third-order valence-electron chi connectivity index (χ3n) is 4.89. The van der Waals surface area contributed by atoms with Crippen molar-refractivity contribution in [3.8, 4) is 0 Å². The molecule has 0 bridgehead atoms. The quantitative estimate of drug-likeness (QED) is 0.305. The number of carbonyl (C=O) groups excluding carboxylic acids is 2. The summed E-state index contributed by atoms with van der Waals surface area (Å²) in [6.45, 7) is 12.8. The van der Waals surface area contributed by atoms with Crippen molar-refractivity contribution in [2.24, 2.45) is 16.7 Å². The van der Waals surface area contributed by atoms with Gasteiger partial charge in [0.15, 0.2) is 0 Å². The molecule has 5 nitrogen and oxygen atoms in total. The van der Waals surface area contributed by atoms with E-state index in [0.29, 0.717) is 6.61 Å². The molecule has 134 valence electrons. The summed E-state index contributed by atoms with van der Waals surface area (Å²) in [6, 6.07) is 0. The van der Waals surface area contributed by atoms with Gasteiger partial charge in [-0.3, -0.25) is 9.59 Å². The van der Waals surface area contributed by atoms with Gasteiger partial charge in [-0.15, -0.1) is 19.3 Å². The highest BCUT2D eigenvalue weighted by Crippen LogP contribution is 2.39. The summed E-state index contributed by atoms with van der Waals surface area (Å²) in [5.41, 5.74) is -0.470. The Morgan fingerprint density at radius 3 is 2.30 bits per heavy atom. The number of piperidine rings is 1. The van der Waals surface area contributed by atoms with Gasteiger partial charge in [-0.1, -0.05) is 48.0 Å². The van der Waals surface area contributed by atoms with Crippen LogP contribution in [0.5, 0.6) is 0 Å². The van der Waals surface area contributed by atoms with Crippen LogP contribution in [-0.4, -0.2) is 29.1 Å². The van der Waals surface area contributed by atoms with Gasteiger partial charge in [0.25, 0.3) is 11.8 Å². The second kappa shape index (κ2) is 8.04. The van der Waals surface area contributed by atoms with Crippen molar-refractivity contribution in [2.45, 2.75) is 72.9 Å². The van der Waals surface area contributed by atoms with Gasteiger partial charge >= 0.3 is 0 Å². The van der Waals surface area contributed by atoms with Crippen LogP contribution < -0.4 is 0 Å². The Balaban J connectivity index is 2.65. The third kappa shape index (κ3) is 5.23. The van der Waals surface area contributed by atoms with Gasteiger partial charge in [0.05, 0.1) is 12.3 Å². The molecule has 6 heteroatoms. The van der Waals surface area contributed by atoms with Crippen molar-refractivity contribution in [3.05, 3.63) is 0 Å². The number of hydrogen-bond acceptors (Lipinski definition) is 4. The Morgan fingerprint density at radius 2 is 1.83 bits per heavy atom. The number of hydrogen-bond donors (Lipinski definition) is 0. The first kappa shape index (κ1) is 20.5. The molecular weight excluding hydrogens is 313 g/mol. The molecule has 0 aromatic carbocycles. The van der Waals surface area contributed by atoms with Crippen LogP contribution in [0.25, 0.3) is 0 Å². The van der Waals surface area contributed by atoms with Gasteiger partial charge in [0.2, 0.25) is 0 Å². The van der Waals surface area contributed by atoms with Crippen LogP contribution in [-0.2, 0) is 19.5 Å². The zero-order valence-corrected chi connectivity index (χ0v) is 16.5. The number of rotatable bonds is 7. The number of hydroxylamine groups is 2. The molecule has 1 saturated heterocycles. The topological polar surface area (TPSA) is 55.8 Å². The Bertz CT molecular complexity index is 435. The van der Waals surface area contributed by atoms with Crippen LogP contribution in [0.2, 0.25) is 0 Å². The molecular formula is C17H32NO4P. The Kier molecular flexibility index (Phi) is 7.18. The Morgan fingerprint density at radius 1 is 1.22 bits per heavy atom. The average Bonchev–Trinajstić information content (AvgIpc) is 2.45. The summed E-state index contributed by atoms with van der Waals surface area (Å²) in [5, 5.41) is 0.794. The second-order valence-electron chi connectivity index (χ2n) is 7.98. The molecule has 0 N–H and O–H groups in total. The van der Waals surface area contributed by atoms with Gasteiger partial charge in [0.1, 0.15) is 0 Å². The van der Waals surface area contributed by atoms with Gasteiger partial charge in [-0.05, 0) is 29.6 Å². The van der Waals surface area contributed by atoms with Gasteiger partial charge < -0.3 is 0 Å². The predicted octanol–water partition coefficient (Wildman–Crippen LogP) is 3.73. The fourth-order valence-corrected chi connectivity index (χ4v) is 3.78. The van der Waals surface area contributed by atoms with E-state index in [1.54, 1.807) is 0 Å². The van der Waals surface area contributed by atoms with Crippen LogP contribution in [0.3, 0.4) is 0 Å². The van der Waals surface area contributed by atoms with E-state index >= 15 is 0 Å². The SMILES string of the molecule is CCCC(C)(CC)COON1C(=O)CC(C(C)(C)C)C(P)C1=O. The van der Waals surface area contributed by atoms with E-state index in [9.17, 15) is 9.59 Å². The highest BCUT2D eigenvalue weighted by Gasteiger charge is 2.45. The molecule has 1 aliphatic heterocycles. The van der Waals surface area contributed by atoms with E-state index < -0.39 is 0 Å². The van der Waals surface area contributed by atoms with Gasteiger partial charge in [0, 0.05) is 6.42 Å². The van der Waals surface area contributed by atoms with Crippen molar-refractivity contribution in [1.82, 2.24) is 5.06 Å². The van der Waals surface area contributed by atoms with Crippen molar-refractivity contribution in [2.75, 3.05) is 6.61 Å². The lowest BCUT2D eigenvalue weighted by Gasteiger charge is -2.39. The maximum Gasteiger partial charge on any atom is 0.263 e. The predicted molar refractivity (Wildman–Crippen MR) is 93.3 cm³/mol. The summed E-state index contributed by atoms with van der Waals surface area (Å²) in [5.74, 6) is -0.699. The van der Waals surface area contributed by atoms with Gasteiger partial charge in [-0.25, -0.2) is 4.89 Å². The summed E-state index contributed by atoms with van der Waals surface area (Å²) in [4.78, 5) is 35.0. The molecule has 23 heavy (non-hydrogen) atoms. The number of imide groups is 1. The molecule has 2 amide bonds. The molecule has 0 saturated carbocycles. The molecule has 0 aromatic rings. The highest BCUT2D eigenvalue weighted by atomic mass is 31.0. The first-order valence-electron chi connectivity index (χ1n) is 8.47. The summed E-state index contributed by atoms with van der Waals surface area (Å²) in [6.07, 6.45) is 3.29. The fraction of sp³-hybridized carbons (Fsp3) is 0.882. The molecule has 1 heterocycles. The van der Waals surface area contributed by atoms with E-state index in [1.807, 2.05) is 20.8 Å². The summed E-state index contributed by atoms with van der Waals surface area (Å²) >= 11 is 0. The van der Waals surface area contributed by atoms with Crippen molar-refractivity contribution < 1.29 is 19.5 Å². The molecule has 4 atom stereocenters. The fourth-order valence-electron chi connectivity index (χ4n) is 2.93. The van der Waals surface area contributed by atoms with E-state index in [-0.39, 0.29) is 40.6 Å². The molecule has 0 aromatic heterocycles. The van der Waals surface area contributed by atoms with Crippen molar-refractivity contribution in [1.29, 1.82) is 0 Å². The van der Waals surface area contributed by atoms with Crippen molar-refractivity contribution >= 4 is 21.1 Å². The number of nitrogens with zero attached hydrogens (tertiary/aromatic N) is 1. The van der Waals surface area contributed by atoms with Crippen molar-refractivity contribution in [3.63, 3.8) is 0 Å². The number of amides is 2. The first-order chi connectivity index (χ1) is 10.6. The molecule has 4 unspecified atom stereocenters. The smallest absolute Gasteiger partial charge is 0.263 e. The van der Waals surface area contributed by atoms with Crippen LogP contribution in [0, 0.1) is 16.7 Å². The minimum atomic E-state index is -0.347. The van der Waals surface area contributed by atoms with Crippen LogP contribution in [0.15, 0.2) is 0 Å². The Hall–Kier alpha value is -0.510. The maximum atomic E-state index is 12.4. The lowest BCUT2D eigenvalue weighted by atomic mass is 9.75. The maximum absolute atomic E-state index is 12.4. The summed E-state index contributed by atoms with van der Waals surface area (Å²) in [7, 11) is 2.55. The standard InChI is InChI=1S/C17H32NO4P/c1-7-9-17(6,8-2)11-21-22-18-13(19)10-12(16(3,4)5)14(23)15(18)20/h12,14H,7-11,23H2,1-6H3. The average molecular weight is 345 g/mol. The van der Waals surface area contributed by atoms with Crippen LogP contribution in [0.1, 0.15) is 67.2 Å². The minimum absolute atomic E-state index is 0.00899. The Labute approximate surface area is 142 Å². The number of carbonyl (C=O) groups is 2. The molecule has 1 rings (SSSR count). The normalized spacial score (nSPS) is 25.6. The van der Waals surface area contributed by atoms with Gasteiger partial charge in [-0.2, -0.15) is 0 Å². The van der Waals surface area contributed by atoms with Crippen LogP contribution >= 0.6 is 9.24 Å². The lowest BCUT2D eigenvalue weighted by molar-refractivity contribution is -0.406. The monoisotopic (exact) mass is 345 g/mol. The molecule has 1 fully saturated rings. The van der Waals surface area contributed by atoms with E-state index in [1.165, 1.54) is 0 Å². The highest BCUT2D eigenvalue weighted by molar-refractivity contribution is 7.19. The lowest BCUT2D eigenvalue weighted by Crippen LogP contribution is -2.52. The summed E-state index contributed by atoms with van der Waals surface area (Å²) < 4.78 is 0.